The molecule has 4 nitrogen and oxygen atoms in total. The molecule has 0 amide bonds. The van der Waals surface area contributed by atoms with Gasteiger partial charge in [-0.15, -0.1) is 0 Å². The van der Waals surface area contributed by atoms with E-state index in [9.17, 15) is 0 Å². The number of methoxy groups -OCH3 is 2. The van der Waals surface area contributed by atoms with Crippen molar-refractivity contribution in [1.82, 2.24) is 0 Å². The summed E-state index contributed by atoms with van der Waals surface area (Å²) in [5.41, 5.74) is 0. The van der Waals surface area contributed by atoms with Crippen LogP contribution in [0.1, 0.15) is 44.9 Å². The summed E-state index contributed by atoms with van der Waals surface area (Å²) < 4.78 is 9.53. The first kappa shape index (κ1) is 13.9. The summed E-state index contributed by atoms with van der Waals surface area (Å²) in [6, 6.07) is 0. The number of hydrogen-bond donors (Lipinski definition) is 2. The molecule has 0 aromatic heterocycles. The van der Waals surface area contributed by atoms with E-state index in [0.29, 0.717) is 11.8 Å². The average molecular weight is 214 g/mol. The van der Waals surface area contributed by atoms with Gasteiger partial charge >= 0.3 is 0 Å². The van der Waals surface area contributed by atoms with Gasteiger partial charge in [-0.1, -0.05) is 19.3 Å². The van der Waals surface area contributed by atoms with Crippen molar-refractivity contribution in [2.75, 3.05) is 14.2 Å². The summed E-state index contributed by atoms with van der Waals surface area (Å²) in [6.45, 7) is 0. The molecule has 88 valence electrons. The summed E-state index contributed by atoms with van der Waals surface area (Å²) in [6.07, 6.45) is 6.95. The Labute approximate surface area is 92.0 Å². The van der Waals surface area contributed by atoms with E-state index in [0.717, 1.165) is 44.9 Å². The maximum Gasteiger partial charge on any atom is 0.180 e. The second kappa shape index (κ2) is 9.49. The quantitative estimate of drug-likeness (QED) is 0.370. The van der Waals surface area contributed by atoms with E-state index in [2.05, 4.69) is 0 Å². The van der Waals surface area contributed by atoms with Crippen molar-refractivity contribution in [3.63, 3.8) is 0 Å². The Balaban J connectivity index is 3.11. The van der Waals surface area contributed by atoms with Crippen molar-refractivity contribution < 1.29 is 9.47 Å². The highest BCUT2D eigenvalue weighted by atomic mass is 16.5. The van der Waals surface area contributed by atoms with Gasteiger partial charge in [-0.05, 0) is 12.8 Å². The number of hydrogen-bond acceptors (Lipinski definition) is 4. The molecule has 0 aromatic rings. The minimum atomic E-state index is 0.371. The van der Waals surface area contributed by atoms with Crippen LogP contribution in [0.4, 0.5) is 0 Å². The molecule has 0 radical (unpaired) electrons. The fourth-order valence-electron chi connectivity index (χ4n) is 1.31. The fraction of sp³-hybridized carbons (Fsp3) is 0.818. The summed E-state index contributed by atoms with van der Waals surface area (Å²) >= 11 is 0. The highest BCUT2D eigenvalue weighted by molar-refractivity contribution is 5.72. The number of ether oxygens (including phenoxy) is 2. The lowest BCUT2D eigenvalue weighted by Gasteiger charge is -2.03. The molecule has 15 heavy (non-hydrogen) atoms. The zero-order valence-electron chi connectivity index (χ0n) is 9.77. The highest BCUT2D eigenvalue weighted by Crippen LogP contribution is 2.08. The van der Waals surface area contributed by atoms with Crippen molar-refractivity contribution in [1.29, 1.82) is 10.8 Å². The minimum Gasteiger partial charge on any atom is -0.484 e. The highest BCUT2D eigenvalue weighted by Gasteiger charge is 1.97. The van der Waals surface area contributed by atoms with Gasteiger partial charge in [0.2, 0.25) is 0 Å². The van der Waals surface area contributed by atoms with Crippen LogP contribution < -0.4 is 0 Å². The van der Waals surface area contributed by atoms with Gasteiger partial charge in [0.1, 0.15) is 0 Å². The van der Waals surface area contributed by atoms with E-state index in [4.69, 9.17) is 20.3 Å². The normalized spacial score (nSPS) is 9.73. The molecule has 0 aliphatic carbocycles. The fourth-order valence-corrected chi connectivity index (χ4v) is 1.31. The van der Waals surface area contributed by atoms with Crippen molar-refractivity contribution in [3.8, 4) is 0 Å². The van der Waals surface area contributed by atoms with Crippen molar-refractivity contribution in [3.05, 3.63) is 0 Å². The third-order valence-corrected chi connectivity index (χ3v) is 2.30. The molecule has 2 N–H and O–H groups in total. The second-order valence-corrected chi connectivity index (χ2v) is 3.52. The van der Waals surface area contributed by atoms with E-state index in [1.807, 2.05) is 0 Å². The van der Waals surface area contributed by atoms with E-state index < -0.39 is 0 Å². The van der Waals surface area contributed by atoms with Gasteiger partial charge in [-0.3, -0.25) is 10.8 Å². The van der Waals surface area contributed by atoms with Gasteiger partial charge in [-0.25, -0.2) is 0 Å². The van der Waals surface area contributed by atoms with Gasteiger partial charge < -0.3 is 9.47 Å². The first-order valence-electron chi connectivity index (χ1n) is 5.43. The van der Waals surface area contributed by atoms with Gasteiger partial charge in [0.25, 0.3) is 0 Å². The van der Waals surface area contributed by atoms with Gasteiger partial charge in [-0.2, -0.15) is 0 Å². The molecule has 0 saturated heterocycles. The smallest absolute Gasteiger partial charge is 0.180 e. The van der Waals surface area contributed by atoms with Gasteiger partial charge in [0, 0.05) is 12.8 Å². The van der Waals surface area contributed by atoms with Gasteiger partial charge in [0.15, 0.2) is 11.8 Å². The summed E-state index contributed by atoms with van der Waals surface area (Å²) in [5, 5.41) is 14.5. The van der Waals surface area contributed by atoms with Crippen LogP contribution in [0.25, 0.3) is 0 Å². The Bertz CT molecular complexity index is 173. The molecule has 0 aliphatic heterocycles. The van der Waals surface area contributed by atoms with Crippen LogP contribution in [0.2, 0.25) is 0 Å². The zero-order chi connectivity index (χ0) is 11.5. The molecule has 4 heteroatoms. The first-order chi connectivity index (χ1) is 7.20. The lowest BCUT2D eigenvalue weighted by molar-refractivity contribution is 0.380. The first-order valence-corrected chi connectivity index (χ1v) is 5.43. The maximum atomic E-state index is 7.27. The maximum absolute atomic E-state index is 7.27. The van der Waals surface area contributed by atoms with Crippen LogP contribution >= 0.6 is 0 Å². The minimum absolute atomic E-state index is 0.371. The monoisotopic (exact) mass is 214 g/mol. The van der Waals surface area contributed by atoms with Crippen molar-refractivity contribution in [2.45, 2.75) is 44.9 Å². The number of rotatable bonds is 8. The molecule has 0 unspecified atom stereocenters. The average Bonchev–Trinajstić information content (AvgIpc) is 2.26. The molecular formula is C11H22N2O2. The summed E-state index contributed by atoms with van der Waals surface area (Å²) in [4.78, 5) is 0. The lowest BCUT2D eigenvalue weighted by Crippen LogP contribution is -1.99. The Morgan fingerprint density at radius 1 is 0.733 bits per heavy atom. The van der Waals surface area contributed by atoms with Gasteiger partial charge in [0.05, 0.1) is 14.2 Å². The predicted octanol–water partition coefficient (Wildman–Crippen LogP) is 2.96. The van der Waals surface area contributed by atoms with Crippen LogP contribution in [0, 0.1) is 10.8 Å². The second-order valence-electron chi connectivity index (χ2n) is 3.52. The molecule has 0 heterocycles. The van der Waals surface area contributed by atoms with E-state index in [1.54, 1.807) is 14.2 Å². The number of unbranched alkanes of at least 4 members (excludes halogenated alkanes) is 4. The van der Waals surface area contributed by atoms with Crippen molar-refractivity contribution >= 4 is 11.8 Å². The standard InChI is InChI=1S/C11H22N2O2/c1-14-10(12)8-6-4-3-5-7-9-11(13)15-2/h12-13H,3-9H2,1-2H3. The summed E-state index contributed by atoms with van der Waals surface area (Å²) in [5.74, 6) is 0.743. The molecule has 0 saturated carbocycles. The lowest BCUT2D eigenvalue weighted by atomic mass is 10.1. The Kier molecular flexibility index (Phi) is 8.82. The summed E-state index contributed by atoms with van der Waals surface area (Å²) in [7, 11) is 3.08. The van der Waals surface area contributed by atoms with E-state index >= 15 is 0 Å². The molecule has 0 aromatic carbocycles. The SMILES string of the molecule is COC(=N)CCCCCCCC(=N)OC. The van der Waals surface area contributed by atoms with Crippen LogP contribution in [0.15, 0.2) is 0 Å². The molecule has 0 atom stereocenters. The largest absolute Gasteiger partial charge is 0.484 e. The van der Waals surface area contributed by atoms with Crippen LogP contribution in [-0.4, -0.2) is 26.0 Å². The number of nitrogens with one attached hydrogen (secondary N) is 2. The van der Waals surface area contributed by atoms with E-state index in [-0.39, 0.29) is 0 Å². The Hall–Kier alpha value is -1.06. The molecule has 0 bridgehead atoms. The van der Waals surface area contributed by atoms with Crippen LogP contribution in [-0.2, 0) is 9.47 Å². The Morgan fingerprint density at radius 3 is 1.40 bits per heavy atom. The van der Waals surface area contributed by atoms with Crippen LogP contribution in [0.5, 0.6) is 0 Å². The van der Waals surface area contributed by atoms with Crippen LogP contribution in [0.3, 0.4) is 0 Å². The topological polar surface area (TPSA) is 66.2 Å². The molecule has 0 fully saturated rings. The van der Waals surface area contributed by atoms with E-state index in [1.165, 1.54) is 0 Å². The van der Waals surface area contributed by atoms with Crippen molar-refractivity contribution in [2.24, 2.45) is 0 Å². The third kappa shape index (κ3) is 9.25. The molecular weight excluding hydrogens is 192 g/mol. The predicted molar refractivity (Wildman–Crippen MR) is 61.8 cm³/mol. The molecule has 0 rings (SSSR count). The zero-order valence-corrected chi connectivity index (χ0v) is 9.77. The Morgan fingerprint density at radius 2 is 1.07 bits per heavy atom. The third-order valence-electron chi connectivity index (χ3n) is 2.30. The molecule has 0 spiro atoms. The molecule has 0 aliphatic rings.